The number of nitrogens with zero attached hydrogens (tertiary/aromatic N) is 1. The molecule has 0 bridgehead atoms. The second kappa shape index (κ2) is 6.67. The average molecular weight is 294 g/mol. The number of nitrogens with one attached hydrogen (secondary N) is 1. The molecule has 1 amide bonds. The minimum Gasteiger partial charge on any atom is -0.481 e. The Morgan fingerprint density at radius 1 is 1.29 bits per heavy atom. The van der Waals surface area contributed by atoms with Gasteiger partial charge in [0.25, 0.3) is 0 Å². The van der Waals surface area contributed by atoms with Gasteiger partial charge in [-0.3, -0.25) is 9.59 Å². The van der Waals surface area contributed by atoms with Gasteiger partial charge in [0.2, 0.25) is 5.91 Å². The van der Waals surface area contributed by atoms with E-state index in [1.54, 1.807) is 0 Å². The molecule has 2 N–H and O–H groups in total. The zero-order valence-corrected chi connectivity index (χ0v) is 11.9. The highest BCUT2D eigenvalue weighted by atomic mass is 19.1. The molecule has 1 aromatic carbocycles. The summed E-state index contributed by atoms with van der Waals surface area (Å²) in [5, 5.41) is 11.9. The number of aliphatic carboxylic acids is 1. The highest BCUT2D eigenvalue weighted by Crippen LogP contribution is 2.23. The van der Waals surface area contributed by atoms with Gasteiger partial charge in [-0.2, -0.15) is 0 Å². The summed E-state index contributed by atoms with van der Waals surface area (Å²) >= 11 is 0. The Morgan fingerprint density at radius 2 is 1.90 bits per heavy atom. The van der Waals surface area contributed by atoms with Crippen molar-refractivity contribution in [2.75, 3.05) is 25.0 Å². The first-order chi connectivity index (χ1) is 9.99. The van der Waals surface area contributed by atoms with Crippen LogP contribution in [0, 0.1) is 17.7 Å². The molecular weight excluding hydrogens is 275 g/mol. The normalized spacial score (nSPS) is 22.8. The van der Waals surface area contributed by atoms with Gasteiger partial charge in [-0.25, -0.2) is 4.39 Å². The number of carbonyl (C=O) groups excluding carboxylic acids is 1. The van der Waals surface area contributed by atoms with Crippen LogP contribution in [0.5, 0.6) is 0 Å². The van der Waals surface area contributed by atoms with Crippen LogP contribution in [0.4, 0.5) is 10.1 Å². The largest absolute Gasteiger partial charge is 0.481 e. The van der Waals surface area contributed by atoms with Crippen LogP contribution >= 0.6 is 0 Å². The van der Waals surface area contributed by atoms with E-state index in [2.05, 4.69) is 5.32 Å². The van der Waals surface area contributed by atoms with Crippen LogP contribution < -0.4 is 5.32 Å². The van der Waals surface area contributed by atoms with E-state index in [4.69, 9.17) is 0 Å². The number of anilines is 1. The first-order valence-corrected chi connectivity index (χ1v) is 7.01. The fourth-order valence-corrected chi connectivity index (χ4v) is 2.59. The molecule has 2 atom stereocenters. The number of carbonyl (C=O) groups is 2. The van der Waals surface area contributed by atoms with Crippen LogP contribution in [0.25, 0.3) is 0 Å². The van der Waals surface area contributed by atoms with Gasteiger partial charge in [-0.1, -0.05) is 6.92 Å². The van der Waals surface area contributed by atoms with Crippen molar-refractivity contribution in [1.82, 2.24) is 4.90 Å². The molecule has 5 nitrogen and oxygen atoms in total. The summed E-state index contributed by atoms with van der Waals surface area (Å²) < 4.78 is 12.8. The van der Waals surface area contributed by atoms with Crippen molar-refractivity contribution in [3.63, 3.8) is 0 Å². The third kappa shape index (κ3) is 4.01. The lowest BCUT2D eigenvalue weighted by atomic mass is 9.88. The molecule has 0 saturated carbocycles. The molecular formula is C15H19FN2O3. The number of halogens is 1. The van der Waals surface area contributed by atoms with E-state index in [9.17, 15) is 19.1 Å². The number of rotatable bonds is 4. The molecule has 1 saturated heterocycles. The minimum atomic E-state index is -0.868. The first-order valence-electron chi connectivity index (χ1n) is 7.01. The summed E-state index contributed by atoms with van der Waals surface area (Å²) in [6, 6.07) is 5.52. The number of likely N-dealkylation sites (tertiary alicyclic amines) is 1. The Kier molecular flexibility index (Phi) is 4.90. The second-order valence-corrected chi connectivity index (χ2v) is 5.32. The van der Waals surface area contributed by atoms with Crippen LogP contribution in [-0.4, -0.2) is 41.5 Å². The fourth-order valence-electron chi connectivity index (χ4n) is 2.59. The molecule has 0 aliphatic carbocycles. The van der Waals surface area contributed by atoms with Crippen molar-refractivity contribution in [2.24, 2.45) is 11.8 Å². The van der Waals surface area contributed by atoms with Gasteiger partial charge < -0.3 is 15.3 Å². The van der Waals surface area contributed by atoms with Crippen molar-refractivity contribution in [2.45, 2.75) is 13.3 Å². The number of hydrogen-bond donors (Lipinski definition) is 2. The van der Waals surface area contributed by atoms with Crippen LogP contribution in [0.2, 0.25) is 0 Å². The maximum Gasteiger partial charge on any atom is 0.307 e. The quantitative estimate of drug-likeness (QED) is 0.888. The molecule has 0 unspecified atom stereocenters. The van der Waals surface area contributed by atoms with Crippen LogP contribution in [0.3, 0.4) is 0 Å². The molecule has 0 aromatic heterocycles. The van der Waals surface area contributed by atoms with E-state index in [1.165, 1.54) is 24.3 Å². The van der Waals surface area contributed by atoms with Gasteiger partial charge in [-0.15, -0.1) is 0 Å². The number of hydrogen-bond acceptors (Lipinski definition) is 3. The van der Waals surface area contributed by atoms with E-state index in [1.807, 2.05) is 11.8 Å². The van der Waals surface area contributed by atoms with E-state index < -0.39 is 11.9 Å². The Labute approximate surface area is 122 Å². The molecule has 1 fully saturated rings. The molecule has 6 heteroatoms. The fraction of sp³-hybridized carbons (Fsp3) is 0.467. The summed E-state index contributed by atoms with van der Waals surface area (Å²) in [5.41, 5.74) is 0.516. The predicted octanol–water partition coefficient (Wildman–Crippen LogP) is 1.81. The molecule has 1 aliphatic rings. The summed E-state index contributed by atoms with van der Waals surface area (Å²) in [5.74, 6) is -2.35. The van der Waals surface area contributed by atoms with Crippen molar-refractivity contribution in [3.8, 4) is 0 Å². The van der Waals surface area contributed by atoms with Crippen LogP contribution in [0.1, 0.15) is 13.3 Å². The molecule has 114 valence electrons. The van der Waals surface area contributed by atoms with E-state index in [-0.39, 0.29) is 17.6 Å². The summed E-state index contributed by atoms with van der Waals surface area (Å²) in [6.07, 6.45) is 0.332. The maximum atomic E-state index is 12.8. The molecule has 0 radical (unpaired) electrons. The lowest BCUT2D eigenvalue weighted by Crippen LogP contribution is -2.46. The smallest absolute Gasteiger partial charge is 0.307 e. The maximum absolute atomic E-state index is 12.8. The van der Waals surface area contributed by atoms with Gasteiger partial charge >= 0.3 is 5.97 Å². The third-order valence-electron chi connectivity index (χ3n) is 3.81. The van der Waals surface area contributed by atoms with E-state index >= 15 is 0 Å². The predicted molar refractivity (Wildman–Crippen MR) is 76.4 cm³/mol. The molecule has 1 aromatic rings. The Hall–Kier alpha value is -1.95. The lowest BCUT2D eigenvalue weighted by Gasteiger charge is -2.34. The average Bonchev–Trinajstić information content (AvgIpc) is 2.49. The second-order valence-electron chi connectivity index (χ2n) is 5.32. The molecule has 0 spiro atoms. The SMILES string of the molecule is CCN1C[C@H](C(=O)O)C[C@H](C(=O)Nc2ccc(F)cc2)C1. The highest BCUT2D eigenvalue weighted by Gasteiger charge is 2.34. The number of carboxylic acids is 1. The number of benzene rings is 1. The number of carboxylic acid groups (broad SMARTS) is 1. The molecule has 21 heavy (non-hydrogen) atoms. The van der Waals surface area contributed by atoms with Crippen molar-refractivity contribution < 1.29 is 19.1 Å². The lowest BCUT2D eigenvalue weighted by molar-refractivity contribution is -0.145. The van der Waals surface area contributed by atoms with Gasteiger partial charge in [-0.05, 0) is 37.2 Å². The standard InChI is InChI=1S/C15H19FN2O3/c1-2-18-8-10(7-11(9-18)15(20)21)14(19)17-13-5-3-12(16)4-6-13/h3-6,10-11H,2,7-9H2,1H3,(H,17,19)(H,20,21)/t10-,11+/m0/s1. The number of piperidine rings is 1. The molecule has 2 rings (SSSR count). The molecule has 1 aliphatic heterocycles. The monoisotopic (exact) mass is 294 g/mol. The van der Waals surface area contributed by atoms with Crippen molar-refractivity contribution in [1.29, 1.82) is 0 Å². The highest BCUT2D eigenvalue weighted by molar-refractivity contribution is 5.93. The summed E-state index contributed by atoms with van der Waals surface area (Å²) in [6.45, 7) is 3.68. The summed E-state index contributed by atoms with van der Waals surface area (Å²) in [7, 11) is 0. The molecule has 1 heterocycles. The minimum absolute atomic E-state index is 0.217. The van der Waals surface area contributed by atoms with Crippen LogP contribution in [-0.2, 0) is 9.59 Å². The summed E-state index contributed by atoms with van der Waals surface area (Å²) in [4.78, 5) is 25.4. The topological polar surface area (TPSA) is 69.6 Å². The van der Waals surface area contributed by atoms with E-state index in [0.717, 1.165) is 0 Å². The first kappa shape index (κ1) is 15.4. The van der Waals surface area contributed by atoms with E-state index in [0.29, 0.717) is 31.7 Å². The van der Waals surface area contributed by atoms with Crippen molar-refractivity contribution in [3.05, 3.63) is 30.1 Å². The Balaban J connectivity index is 2.03. The Bertz CT molecular complexity index is 518. The zero-order valence-electron chi connectivity index (χ0n) is 11.9. The van der Waals surface area contributed by atoms with Crippen molar-refractivity contribution >= 4 is 17.6 Å². The third-order valence-corrected chi connectivity index (χ3v) is 3.81. The van der Waals surface area contributed by atoms with Crippen LogP contribution in [0.15, 0.2) is 24.3 Å². The number of amides is 1. The van der Waals surface area contributed by atoms with Gasteiger partial charge in [0.05, 0.1) is 11.8 Å². The zero-order chi connectivity index (χ0) is 15.4. The van der Waals surface area contributed by atoms with Gasteiger partial charge in [0.1, 0.15) is 5.82 Å². The Morgan fingerprint density at radius 3 is 2.48 bits per heavy atom. The van der Waals surface area contributed by atoms with Gasteiger partial charge in [0.15, 0.2) is 0 Å². The van der Waals surface area contributed by atoms with Gasteiger partial charge in [0, 0.05) is 18.8 Å².